The van der Waals surface area contributed by atoms with Crippen molar-refractivity contribution in [1.82, 2.24) is 9.97 Å². The quantitative estimate of drug-likeness (QED) is 0.355. The molecule has 29 heavy (non-hydrogen) atoms. The first-order valence-corrected chi connectivity index (χ1v) is 11.3. The van der Waals surface area contributed by atoms with Crippen molar-refractivity contribution in [2.45, 2.75) is 43.4 Å². The topological polar surface area (TPSA) is 81.2 Å². The predicted octanol–water partition coefficient (Wildman–Crippen LogP) is 4.48. The molecule has 1 aliphatic rings. The van der Waals surface area contributed by atoms with E-state index in [-0.39, 0.29) is 17.1 Å². The summed E-state index contributed by atoms with van der Waals surface area (Å²) >= 11 is 2.87. The number of nitrogens with zero attached hydrogens (tertiary/aromatic N) is 2. The fraction of sp³-hybridized carbons (Fsp3) is 0.333. The van der Waals surface area contributed by atoms with Crippen LogP contribution in [0.5, 0.6) is 0 Å². The summed E-state index contributed by atoms with van der Waals surface area (Å²) in [5.74, 6) is -0.521. The van der Waals surface area contributed by atoms with Gasteiger partial charge in [-0.05, 0) is 44.7 Å². The number of nitrogens with one attached hydrogen (secondary N) is 1. The van der Waals surface area contributed by atoms with Crippen molar-refractivity contribution in [3.8, 4) is 0 Å². The summed E-state index contributed by atoms with van der Waals surface area (Å²) in [7, 11) is 0. The zero-order valence-corrected chi connectivity index (χ0v) is 17.9. The number of rotatable bonds is 6. The molecule has 6 nitrogen and oxygen atoms in total. The number of anilines is 1. The second kappa shape index (κ2) is 8.51. The molecule has 1 aromatic carbocycles. The van der Waals surface area contributed by atoms with E-state index in [0.717, 1.165) is 40.8 Å². The van der Waals surface area contributed by atoms with Crippen LogP contribution >= 0.6 is 23.1 Å². The third-order valence-corrected chi connectivity index (χ3v) is 7.12. The number of para-hydroxylation sites is 1. The molecule has 0 unspecified atom stereocenters. The minimum absolute atomic E-state index is 0.164. The maximum atomic E-state index is 12.9. The van der Waals surface area contributed by atoms with Crippen LogP contribution in [0.4, 0.5) is 5.00 Å². The van der Waals surface area contributed by atoms with E-state index in [1.165, 1.54) is 34.3 Å². The molecule has 2 aromatic heterocycles. The Kier molecular flexibility index (Phi) is 5.82. The molecule has 0 spiro atoms. The lowest BCUT2D eigenvalue weighted by molar-refractivity contribution is -0.115. The molecular weight excluding hydrogens is 406 g/mol. The summed E-state index contributed by atoms with van der Waals surface area (Å²) < 4.78 is 5.23. The molecule has 0 saturated carbocycles. The molecule has 1 aliphatic carbocycles. The molecule has 0 saturated heterocycles. The number of carbonyl (C=O) groups excluding carboxylic acids is 2. The van der Waals surface area contributed by atoms with E-state index in [2.05, 4.69) is 15.3 Å². The number of aromatic nitrogens is 2. The van der Waals surface area contributed by atoms with E-state index in [9.17, 15) is 9.59 Å². The minimum Gasteiger partial charge on any atom is -0.462 e. The van der Waals surface area contributed by atoms with E-state index < -0.39 is 0 Å². The zero-order chi connectivity index (χ0) is 20.4. The molecule has 1 amide bonds. The van der Waals surface area contributed by atoms with Gasteiger partial charge in [-0.1, -0.05) is 30.0 Å². The van der Waals surface area contributed by atoms with E-state index in [0.29, 0.717) is 17.2 Å². The summed E-state index contributed by atoms with van der Waals surface area (Å²) in [5.41, 5.74) is 2.41. The molecular formula is C21H21N3O3S2. The molecule has 2 heterocycles. The number of hydrogen-bond donors (Lipinski definition) is 1. The van der Waals surface area contributed by atoms with Gasteiger partial charge in [0, 0.05) is 10.3 Å². The number of thioether (sulfide) groups is 1. The van der Waals surface area contributed by atoms with Crippen molar-refractivity contribution in [3.63, 3.8) is 0 Å². The molecule has 3 aromatic rings. The third kappa shape index (κ3) is 4.00. The fourth-order valence-corrected chi connectivity index (χ4v) is 5.61. The minimum atomic E-state index is -0.389. The molecule has 8 heteroatoms. The Hall–Kier alpha value is -2.45. The van der Waals surface area contributed by atoms with E-state index in [4.69, 9.17) is 4.74 Å². The number of aryl methyl sites for hydroxylation is 1. The Bertz CT molecular complexity index is 1070. The molecule has 0 aliphatic heterocycles. The molecule has 0 radical (unpaired) electrons. The Morgan fingerprint density at radius 1 is 1.28 bits per heavy atom. The van der Waals surface area contributed by atoms with Crippen molar-refractivity contribution in [2.24, 2.45) is 0 Å². The highest BCUT2D eigenvalue weighted by Crippen LogP contribution is 2.40. The van der Waals surface area contributed by atoms with Gasteiger partial charge in [0.05, 0.1) is 22.9 Å². The van der Waals surface area contributed by atoms with Gasteiger partial charge >= 0.3 is 5.97 Å². The Labute approximate surface area is 177 Å². The lowest BCUT2D eigenvalue weighted by Crippen LogP contribution is -2.23. The normalized spacial score (nSPS) is 13.9. The molecule has 1 atom stereocenters. The van der Waals surface area contributed by atoms with Crippen molar-refractivity contribution in [2.75, 3.05) is 11.9 Å². The Balaban J connectivity index is 1.54. The van der Waals surface area contributed by atoms with Crippen molar-refractivity contribution < 1.29 is 14.3 Å². The first kappa shape index (κ1) is 19.8. The highest BCUT2D eigenvalue weighted by molar-refractivity contribution is 8.00. The maximum absolute atomic E-state index is 12.9. The maximum Gasteiger partial charge on any atom is 0.341 e. The SMILES string of the molecule is CCOC(=O)c1c(NC(=O)[C@@H](C)Sc2ncnc3ccccc23)sc2c1CCC2. The van der Waals surface area contributed by atoms with Crippen LogP contribution in [-0.4, -0.2) is 33.7 Å². The van der Waals surface area contributed by atoms with E-state index >= 15 is 0 Å². The molecule has 0 bridgehead atoms. The lowest BCUT2D eigenvalue weighted by atomic mass is 10.1. The van der Waals surface area contributed by atoms with Gasteiger partial charge in [-0.3, -0.25) is 4.79 Å². The summed E-state index contributed by atoms with van der Waals surface area (Å²) in [5, 5.41) is 4.85. The van der Waals surface area contributed by atoms with Gasteiger partial charge < -0.3 is 10.1 Å². The molecule has 150 valence electrons. The molecule has 1 N–H and O–H groups in total. The zero-order valence-electron chi connectivity index (χ0n) is 16.2. The Morgan fingerprint density at radius 2 is 2.10 bits per heavy atom. The number of carbonyl (C=O) groups is 2. The van der Waals surface area contributed by atoms with Crippen molar-refractivity contribution in [1.29, 1.82) is 0 Å². The van der Waals surface area contributed by atoms with Crippen LogP contribution in [0.2, 0.25) is 0 Å². The fourth-order valence-electron chi connectivity index (χ4n) is 3.42. The van der Waals surface area contributed by atoms with Crippen LogP contribution in [0.15, 0.2) is 35.6 Å². The average molecular weight is 428 g/mol. The van der Waals surface area contributed by atoms with Crippen molar-refractivity contribution in [3.05, 3.63) is 46.6 Å². The first-order valence-electron chi connectivity index (χ1n) is 9.57. The summed E-state index contributed by atoms with van der Waals surface area (Å²) in [6.45, 7) is 3.93. The van der Waals surface area contributed by atoms with E-state index in [1.54, 1.807) is 6.92 Å². The largest absolute Gasteiger partial charge is 0.462 e. The number of thiophene rings is 1. The highest BCUT2D eigenvalue weighted by atomic mass is 32.2. The smallest absolute Gasteiger partial charge is 0.341 e. The van der Waals surface area contributed by atoms with E-state index in [1.807, 2.05) is 31.2 Å². The highest BCUT2D eigenvalue weighted by Gasteiger charge is 2.29. The second-order valence-corrected chi connectivity index (χ2v) is 9.16. The third-order valence-electron chi connectivity index (χ3n) is 4.80. The summed E-state index contributed by atoms with van der Waals surface area (Å²) in [4.78, 5) is 35.2. The number of benzene rings is 1. The Morgan fingerprint density at radius 3 is 2.93 bits per heavy atom. The average Bonchev–Trinajstić information content (AvgIpc) is 3.29. The van der Waals surface area contributed by atoms with Gasteiger partial charge in [-0.25, -0.2) is 14.8 Å². The lowest BCUT2D eigenvalue weighted by Gasteiger charge is -2.13. The summed E-state index contributed by atoms with van der Waals surface area (Å²) in [6.07, 6.45) is 4.35. The standard InChI is InChI=1S/C21H21N3O3S2/c1-3-27-21(26)17-14-8-6-10-16(14)29-20(17)24-18(25)12(2)28-19-13-7-4-5-9-15(13)22-11-23-19/h4-5,7,9,11-12H,3,6,8,10H2,1-2H3,(H,24,25)/t12-/m1/s1. The van der Waals surface area contributed by atoms with Crippen LogP contribution in [0.25, 0.3) is 10.9 Å². The first-order chi connectivity index (χ1) is 14.1. The van der Waals surface area contributed by atoms with Gasteiger partial charge in [0.15, 0.2) is 0 Å². The number of fused-ring (bicyclic) bond motifs is 2. The second-order valence-electron chi connectivity index (χ2n) is 6.73. The van der Waals surface area contributed by atoms with Gasteiger partial charge in [0.1, 0.15) is 16.4 Å². The van der Waals surface area contributed by atoms with Crippen LogP contribution in [-0.2, 0) is 22.4 Å². The number of esters is 1. The molecule has 4 rings (SSSR count). The monoisotopic (exact) mass is 427 g/mol. The van der Waals surface area contributed by atoms with Crippen LogP contribution in [0.1, 0.15) is 41.1 Å². The van der Waals surface area contributed by atoms with Gasteiger partial charge in [0.25, 0.3) is 0 Å². The van der Waals surface area contributed by atoms with Gasteiger partial charge in [-0.2, -0.15) is 0 Å². The van der Waals surface area contributed by atoms with Crippen LogP contribution in [0.3, 0.4) is 0 Å². The van der Waals surface area contributed by atoms with Gasteiger partial charge in [-0.15, -0.1) is 11.3 Å². The molecule has 0 fully saturated rings. The predicted molar refractivity (Wildman–Crippen MR) is 116 cm³/mol. The van der Waals surface area contributed by atoms with Gasteiger partial charge in [0.2, 0.25) is 5.91 Å². The summed E-state index contributed by atoms with van der Waals surface area (Å²) in [6, 6.07) is 7.72. The van der Waals surface area contributed by atoms with Crippen LogP contribution < -0.4 is 5.32 Å². The van der Waals surface area contributed by atoms with Crippen molar-refractivity contribution >= 4 is 50.9 Å². The number of hydrogen-bond acceptors (Lipinski definition) is 7. The van der Waals surface area contributed by atoms with Crippen LogP contribution in [0, 0.1) is 0 Å². The number of amides is 1. The number of ether oxygens (including phenoxy) is 1.